The molecule has 1 aromatic heterocycles. The molecule has 0 saturated carbocycles. The lowest BCUT2D eigenvalue weighted by molar-refractivity contribution is -0.125. The van der Waals surface area contributed by atoms with E-state index in [1.165, 1.54) is 4.68 Å². The Morgan fingerprint density at radius 1 is 1.25 bits per heavy atom. The van der Waals surface area contributed by atoms with Crippen molar-refractivity contribution in [3.63, 3.8) is 0 Å². The number of carbonyl (C=O) groups is 2. The Hall–Kier alpha value is -3.32. The van der Waals surface area contributed by atoms with Crippen molar-refractivity contribution >= 4 is 34.9 Å². The number of para-hydroxylation sites is 1. The highest BCUT2D eigenvalue weighted by atomic mass is 35.5. The first-order valence-electron chi connectivity index (χ1n) is 8.64. The largest absolute Gasteiger partial charge is 0.496 e. The van der Waals surface area contributed by atoms with E-state index in [-0.39, 0.29) is 18.2 Å². The average molecular weight is 397 g/mol. The van der Waals surface area contributed by atoms with E-state index in [4.69, 9.17) is 16.3 Å². The Balaban J connectivity index is 1.69. The lowest BCUT2D eigenvalue weighted by Crippen LogP contribution is -2.35. The normalized spacial score (nSPS) is 15.5. The molecular formula is C20H17ClN4O3. The van der Waals surface area contributed by atoms with E-state index in [0.717, 1.165) is 5.56 Å². The van der Waals surface area contributed by atoms with Crippen LogP contribution in [0.2, 0.25) is 5.02 Å². The molecule has 1 atom stereocenters. The lowest BCUT2D eigenvalue weighted by atomic mass is 10.1. The van der Waals surface area contributed by atoms with Gasteiger partial charge in [-0.2, -0.15) is 5.10 Å². The highest BCUT2D eigenvalue weighted by molar-refractivity contribution is 6.30. The molecule has 2 N–H and O–H groups in total. The van der Waals surface area contributed by atoms with Crippen LogP contribution >= 0.6 is 11.6 Å². The second-order valence-electron chi connectivity index (χ2n) is 6.32. The fourth-order valence-electron chi connectivity index (χ4n) is 3.23. The highest BCUT2D eigenvalue weighted by Gasteiger charge is 2.33. The zero-order valence-electron chi connectivity index (χ0n) is 15.0. The van der Waals surface area contributed by atoms with Gasteiger partial charge in [-0.1, -0.05) is 35.9 Å². The third-order valence-electron chi connectivity index (χ3n) is 4.52. The van der Waals surface area contributed by atoms with Crippen LogP contribution in [-0.4, -0.2) is 28.7 Å². The van der Waals surface area contributed by atoms with E-state index in [0.29, 0.717) is 27.8 Å². The third-order valence-corrected chi connectivity index (χ3v) is 4.75. The Labute approximate surface area is 166 Å². The highest BCUT2D eigenvalue weighted by Crippen LogP contribution is 2.38. The molecule has 28 heavy (non-hydrogen) atoms. The van der Waals surface area contributed by atoms with Gasteiger partial charge in [0.05, 0.1) is 19.7 Å². The van der Waals surface area contributed by atoms with Crippen LogP contribution in [0.3, 0.4) is 0 Å². The summed E-state index contributed by atoms with van der Waals surface area (Å²) < 4.78 is 6.94. The number of halogens is 1. The van der Waals surface area contributed by atoms with Crippen LogP contribution in [0, 0.1) is 0 Å². The third kappa shape index (κ3) is 3.32. The van der Waals surface area contributed by atoms with Gasteiger partial charge < -0.3 is 15.4 Å². The van der Waals surface area contributed by atoms with Gasteiger partial charge in [-0.25, -0.2) is 4.68 Å². The molecule has 0 saturated heterocycles. The number of nitrogens with zero attached hydrogens (tertiary/aromatic N) is 2. The number of methoxy groups -OCH3 is 1. The molecule has 4 rings (SSSR count). The van der Waals surface area contributed by atoms with Crippen LogP contribution in [0.1, 0.15) is 12.5 Å². The summed E-state index contributed by atoms with van der Waals surface area (Å²) in [4.78, 5) is 25.1. The lowest BCUT2D eigenvalue weighted by Gasteiger charge is -2.24. The minimum absolute atomic E-state index is 0.00750. The van der Waals surface area contributed by atoms with Crippen molar-refractivity contribution < 1.29 is 14.3 Å². The van der Waals surface area contributed by atoms with E-state index in [2.05, 4.69) is 15.7 Å². The van der Waals surface area contributed by atoms with Gasteiger partial charge in [-0.3, -0.25) is 9.59 Å². The molecule has 1 unspecified atom stereocenters. The number of hydrogen-bond acceptors (Lipinski definition) is 4. The molecule has 0 spiro atoms. The van der Waals surface area contributed by atoms with Crippen LogP contribution in [0.5, 0.6) is 5.75 Å². The van der Waals surface area contributed by atoms with Crippen molar-refractivity contribution in [1.82, 2.24) is 9.78 Å². The molecule has 2 heterocycles. The molecule has 7 nitrogen and oxygen atoms in total. The Kier molecular flexibility index (Phi) is 4.75. The fourth-order valence-corrected chi connectivity index (χ4v) is 3.42. The summed E-state index contributed by atoms with van der Waals surface area (Å²) in [6, 6.07) is 13.5. The standard InChI is InChI=1S/C20H17ClN4O3/c1-28-17-8-3-2-7-14(17)15-11-22-25-16(10-18(26)24-19(15)25)20(27)23-13-6-4-5-12(21)9-13/h2-9,11,16H,10H2,1H3,(H,23,27)(H,24,26). The molecule has 0 bridgehead atoms. The van der Waals surface area contributed by atoms with Crippen LogP contribution in [-0.2, 0) is 9.59 Å². The number of benzene rings is 2. The summed E-state index contributed by atoms with van der Waals surface area (Å²) in [6.07, 6.45) is 1.62. The maximum absolute atomic E-state index is 12.8. The molecule has 142 valence electrons. The Morgan fingerprint density at radius 2 is 2.07 bits per heavy atom. The fraction of sp³-hybridized carbons (Fsp3) is 0.150. The van der Waals surface area contributed by atoms with Crippen molar-refractivity contribution in [2.75, 3.05) is 17.7 Å². The predicted molar refractivity (Wildman–Crippen MR) is 107 cm³/mol. The minimum Gasteiger partial charge on any atom is -0.496 e. The van der Waals surface area contributed by atoms with Gasteiger partial charge in [0.1, 0.15) is 17.6 Å². The van der Waals surface area contributed by atoms with E-state index >= 15 is 0 Å². The van der Waals surface area contributed by atoms with Gasteiger partial charge in [0.2, 0.25) is 11.8 Å². The molecule has 3 aromatic rings. The van der Waals surface area contributed by atoms with E-state index in [1.54, 1.807) is 37.6 Å². The second-order valence-corrected chi connectivity index (χ2v) is 6.76. The predicted octanol–water partition coefficient (Wildman–Crippen LogP) is 3.73. The first-order valence-corrected chi connectivity index (χ1v) is 9.02. The van der Waals surface area contributed by atoms with Crippen LogP contribution in [0.15, 0.2) is 54.7 Å². The Morgan fingerprint density at radius 3 is 2.86 bits per heavy atom. The number of rotatable bonds is 4. The number of nitrogens with one attached hydrogen (secondary N) is 2. The summed E-state index contributed by atoms with van der Waals surface area (Å²) in [6.45, 7) is 0. The second kappa shape index (κ2) is 7.36. The van der Waals surface area contributed by atoms with Crippen molar-refractivity contribution in [1.29, 1.82) is 0 Å². The first-order chi connectivity index (χ1) is 13.6. The summed E-state index contributed by atoms with van der Waals surface area (Å²) in [5.74, 6) is 0.522. The van der Waals surface area contributed by atoms with Gasteiger partial charge in [0.15, 0.2) is 0 Å². The SMILES string of the molecule is COc1ccccc1-c1cnn2c1NC(=O)CC2C(=O)Nc1cccc(Cl)c1. The Bertz CT molecular complexity index is 1060. The topological polar surface area (TPSA) is 85.2 Å². The zero-order valence-corrected chi connectivity index (χ0v) is 15.7. The number of anilines is 2. The summed E-state index contributed by atoms with van der Waals surface area (Å²) >= 11 is 5.97. The van der Waals surface area contributed by atoms with Crippen molar-refractivity contribution in [2.45, 2.75) is 12.5 Å². The van der Waals surface area contributed by atoms with Gasteiger partial charge >= 0.3 is 0 Å². The quantitative estimate of drug-likeness (QED) is 0.703. The van der Waals surface area contributed by atoms with Crippen molar-refractivity contribution in [3.05, 3.63) is 59.8 Å². The summed E-state index contributed by atoms with van der Waals surface area (Å²) in [5.41, 5.74) is 2.02. The first kappa shape index (κ1) is 18.1. The number of aromatic nitrogens is 2. The molecule has 2 amide bonds. The molecule has 2 aromatic carbocycles. The maximum Gasteiger partial charge on any atom is 0.249 e. The minimum atomic E-state index is -0.772. The van der Waals surface area contributed by atoms with E-state index in [9.17, 15) is 9.59 Å². The van der Waals surface area contributed by atoms with E-state index in [1.807, 2.05) is 24.3 Å². The molecular weight excluding hydrogens is 380 g/mol. The zero-order chi connectivity index (χ0) is 19.7. The number of carbonyl (C=O) groups excluding carboxylic acids is 2. The molecule has 0 fully saturated rings. The molecule has 0 radical (unpaired) electrons. The van der Waals surface area contributed by atoms with Crippen molar-refractivity contribution in [3.8, 4) is 16.9 Å². The van der Waals surface area contributed by atoms with Crippen molar-refractivity contribution in [2.24, 2.45) is 0 Å². The van der Waals surface area contributed by atoms with Crippen LogP contribution < -0.4 is 15.4 Å². The van der Waals surface area contributed by atoms with Crippen LogP contribution in [0.4, 0.5) is 11.5 Å². The molecule has 0 aliphatic carbocycles. The van der Waals surface area contributed by atoms with Gasteiger partial charge in [-0.15, -0.1) is 0 Å². The van der Waals surface area contributed by atoms with Crippen LogP contribution in [0.25, 0.3) is 11.1 Å². The van der Waals surface area contributed by atoms with Gasteiger partial charge in [-0.05, 0) is 24.3 Å². The smallest absolute Gasteiger partial charge is 0.249 e. The number of amides is 2. The van der Waals surface area contributed by atoms with E-state index < -0.39 is 6.04 Å². The summed E-state index contributed by atoms with van der Waals surface area (Å²) in [5, 5.41) is 10.5. The number of ether oxygens (including phenoxy) is 1. The van der Waals surface area contributed by atoms with Gasteiger partial charge in [0, 0.05) is 21.8 Å². The monoisotopic (exact) mass is 396 g/mol. The maximum atomic E-state index is 12.8. The molecule has 8 heteroatoms. The molecule has 1 aliphatic rings. The number of fused-ring (bicyclic) bond motifs is 1. The molecule has 1 aliphatic heterocycles. The average Bonchev–Trinajstić information content (AvgIpc) is 3.10. The number of hydrogen-bond donors (Lipinski definition) is 2. The summed E-state index contributed by atoms with van der Waals surface area (Å²) in [7, 11) is 1.58. The van der Waals surface area contributed by atoms with Gasteiger partial charge in [0.25, 0.3) is 0 Å².